The van der Waals surface area contributed by atoms with Gasteiger partial charge in [-0.15, -0.1) is 0 Å². The Morgan fingerprint density at radius 2 is 1.54 bits per heavy atom. The van der Waals surface area contributed by atoms with E-state index >= 15 is 0 Å². The van der Waals surface area contributed by atoms with Crippen molar-refractivity contribution < 1.29 is 27.5 Å². The molecule has 1 aliphatic rings. The third kappa shape index (κ3) is 2.27. The Hall–Kier alpha value is -2.43. The summed E-state index contributed by atoms with van der Waals surface area (Å²) in [7, 11) is -4.99. The number of rotatable bonds is 2. The van der Waals surface area contributed by atoms with Crippen LogP contribution in [0.5, 0.6) is 0 Å². The van der Waals surface area contributed by atoms with E-state index in [0.29, 0.717) is 0 Å². The Bertz CT molecular complexity index is 1060. The average molecular weight is 412 g/mol. The van der Waals surface area contributed by atoms with Crippen molar-refractivity contribution in [3.63, 3.8) is 0 Å². The van der Waals surface area contributed by atoms with Crippen molar-refractivity contribution in [2.45, 2.75) is 4.90 Å². The van der Waals surface area contributed by atoms with E-state index in [2.05, 4.69) is 15.9 Å². The maximum atomic E-state index is 12.7. The number of nitrogens with zero attached hydrogens (tertiary/aromatic N) is 1. The number of halogens is 1. The van der Waals surface area contributed by atoms with E-state index < -0.39 is 42.8 Å². The molecule has 0 saturated carbocycles. The van der Waals surface area contributed by atoms with Crippen LogP contribution in [-0.4, -0.2) is 29.5 Å². The molecule has 122 valence electrons. The molecular weight excluding hydrogens is 406 g/mol. The van der Waals surface area contributed by atoms with Gasteiger partial charge in [0.25, 0.3) is 0 Å². The van der Waals surface area contributed by atoms with Crippen LogP contribution in [0.1, 0.15) is 31.8 Å². The third-order valence-electron chi connectivity index (χ3n) is 3.55. The summed E-state index contributed by atoms with van der Waals surface area (Å²) in [5.41, 5.74) is -2.10. The summed E-state index contributed by atoms with van der Waals surface area (Å²) in [6.45, 7) is 0. The fraction of sp³-hybridized carbons (Fsp3) is 0. The van der Waals surface area contributed by atoms with Crippen LogP contribution in [0.2, 0.25) is 0 Å². The number of hydrogen-bond donors (Lipinski definition) is 1. The predicted molar refractivity (Wildman–Crippen MR) is 83.9 cm³/mol. The molecule has 10 heteroatoms. The first-order valence-corrected chi connectivity index (χ1v) is 8.54. The fourth-order valence-electron chi connectivity index (χ4n) is 2.59. The van der Waals surface area contributed by atoms with Gasteiger partial charge in [0.05, 0.1) is 10.5 Å². The van der Waals surface area contributed by atoms with Crippen LogP contribution in [0.3, 0.4) is 0 Å². The van der Waals surface area contributed by atoms with Crippen molar-refractivity contribution in [2.24, 2.45) is 0 Å². The Balaban J connectivity index is 2.52. The highest BCUT2D eigenvalue weighted by Crippen LogP contribution is 2.41. The van der Waals surface area contributed by atoms with Crippen molar-refractivity contribution in [3.05, 3.63) is 67.2 Å². The minimum atomic E-state index is -4.99. The van der Waals surface area contributed by atoms with Gasteiger partial charge in [0, 0.05) is 15.6 Å². The molecule has 24 heavy (non-hydrogen) atoms. The number of nitro groups is 1. The first kappa shape index (κ1) is 16.4. The van der Waals surface area contributed by atoms with E-state index in [0.717, 1.165) is 6.07 Å². The lowest BCUT2D eigenvalue weighted by atomic mass is 9.83. The Kier molecular flexibility index (Phi) is 3.62. The van der Waals surface area contributed by atoms with Gasteiger partial charge in [-0.05, 0) is 22.0 Å². The SMILES string of the molecule is O=C1c2ccccc2C(=O)c2c1c(Br)cc(S(=O)(=O)O)c2[N+](=O)[O-]. The summed E-state index contributed by atoms with van der Waals surface area (Å²) in [6, 6.07) is 6.46. The number of fused-ring (bicyclic) bond motifs is 2. The summed E-state index contributed by atoms with van der Waals surface area (Å²) >= 11 is 2.96. The number of carbonyl (C=O) groups is 2. The molecule has 0 aliphatic heterocycles. The second-order valence-corrected chi connectivity index (χ2v) is 7.14. The van der Waals surface area contributed by atoms with Gasteiger partial charge in [-0.25, -0.2) is 0 Å². The lowest BCUT2D eigenvalue weighted by Gasteiger charge is -2.19. The maximum absolute atomic E-state index is 12.7. The average Bonchev–Trinajstić information content (AvgIpc) is 2.50. The van der Waals surface area contributed by atoms with Crippen molar-refractivity contribution in [3.8, 4) is 0 Å². The van der Waals surface area contributed by atoms with Crippen molar-refractivity contribution in [1.82, 2.24) is 0 Å². The van der Waals surface area contributed by atoms with E-state index in [4.69, 9.17) is 0 Å². The molecule has 0 aromatic heterocycles. The van der Waals surface area contributed by atoms with Crippen LogP contribution in [0, 0.1) is 10.1 Å². The highest BCUT2D eigenvalue weighted by atomic mass is 79.9. The molecule has 8 nitrogen and oxygen atoms in total. The number of nitro benzene ring substituents is 1. The number of ketones is 2. The van der Waals surface area contributed by atoms with Crippen LogP contribution in [0.4, 0.5) is 5.69 Å². The Morgan fingerprint density at radius 3 is 2.00 bits per heavy atom. The summed E-state index contributed by atoms with van der Waals surface area (Å²) in [4.78, 5) is 34.5. The molecule has 0 fully saturated rings. The molecule has 1 N–H and O–H groups in total. The molecule has 2 aromatic carbocycles. The van der Waals surface area contributed by atoms with Crippen LogP contribution in [0.25, 0.3) is 0 Å². The zero-order valence-corrected chi connectivity index (χ0v) is 13.9. The van der Waals surface area contributed by atoms with Gasteiger partial charge >= 0.3 is 15.8 Å². The predicted octanol–water partition coefficient (Wildman–Crippen LogP) is 2.38. The van der Waals surface area contributed by atoms with Crippen LogP contribution < -0.4 is 0 Å². The standard InChI is InChI=1S/C14H6BrNO7S/c15-8-5-9(24(21,22)23)12(16(19)20)11-10(8)13(17)6-3-1-2-4-7(6)14(11)18/h1-5H,(H,21,22,23). The van der Waals surface area contributed by atoms with E-state index in [-0.39, 0.29) is 21.2 Å². The first-order valence-electron chi connectivity index (χ1n) is 6.31. The fourth-order valence-corrected chi connectivity index (χ4v) is 4.03. The van der Waals surface area contributed by atoms with Gasteiger partial charge < -0.3 is 0 Å². The molecule has 1 aliphatic carbocycles. The van der Waals surface area contributed by atoms with Crippen LogP contribution in [0.15, 0.2) is 39.7 Å². The lowest BCUT2D eigenvalue weighted by molar-refractivity contribution is -0.388. The smallest absolute Gasteiger partial charge is 0.289 e. The minimum Gasteiger partial charge on any atom is -0.289 e. The molecule has 0 spiro atoms. The van der Waals surface area contributed by atoms with Crippen LogP contribution in [-0.2, 0) is 10.1 Å². The van der Waals surface area contributed by atoms with Gasteiger partial charge in [-0.2, -0.15) is 8.42 Å². The second kappa shape index (κ2) is 5.30. The third-order valence-corrected chi connectivity index (χ3v) is 5.04. The van der Waals surface area contributed by atoms with Gasteiger partial charge in [0.2, 0.25) is 5.78 Å². The summed E-state index contributed by atoms with van der Waals surface area (Å²) in [6.07, 6.45) is 0. The van der Waals surface area contributed by atoms with E-state index in [9.17, 15) is 32.7 Å². The number of carbonyl (C=O) groups excluding carboxylic acids is 2. The summed E-state index contributed by atoms with van der Waals surface area (Å²) in [5.74, 6) is -1.52. The first-order chi connectivity index (χ1) is 11.1. The Labute approximate surface area is 143 Å². The quantitative estimate of drug-likeness (QED) is 0.388. The largest absolute Gasteiger partial charge is 0.302 e. The summed E-state index contributed by atoms with van der Waals surface area (Å²) in [5, 5.41) is 11.4. The Morgan fingerprint density at radius 1 is 1.04 bits per heavy atom. The number of benzene rings is 2. The van der Waals surface area contributed by atoms with E-state index in [1.54, 1.807) is 0 Å². The highest BCUT2D eigenvalue weighted by Gasteiger charge is 2.41. The van der Waals surface area contributed by atoms with E-state index in [1.165, 1.54) is 24.3 Å². The summed E-state index contributed by atoms with van der Waals surface area (Å²) < 4.78 is 32.0. The normalized spacial score (nSPS) is 13.4. The molecule has 3 rings (SSSR count). The molecule has 0 unspecified atom stereocenters. The topological polar surface area (TPSA) is 132 Å². The molecule has 0 bridgehead atoms. The molecule has 0 heterocycles. The number of hydrogen-bond acceptors (Lipinski definition) is 6. The minimum absolute atomic E-state index is 0.0598. The highest BCUT2D eigenvalue weighted by molar-refractivity contribution is 9.10. The van der Waals surface area contributed by atoms with Gasteiger partial charge in [0.1, 0.15) is 5.56 Å². The molecule has 0 saturated heterocycles. The van der Waals surface area contributed by atoms with Gasteiger partial charge in [-0.1, -0.05) is 24.3 Å². The zero-order valence-electron chi connectivity index (χ0n) is 11.5. The molecule has 0 radical (unpaired) electrons. The van der Waals surface area contributed by atoms with Crippen LogP contribution >= 0.6 is 15.9 Å². The van der Waals surface area contributed by atoms with Gasteiger partial charge in [-0.3, -0.25) is 24.3 Å². The molecule has 2 aromatic rings. The second-order valence-electron chi connectivity index (χ2n) is 4.89. The maximum Gasteiger partial charge on any atom is 0.302 e. The van der Waals surface area contributed by atoms with Gasteiger partial charge in [0.15, 0.2) is 10.7 Å². The van der Waals surface area contributed by atoms with Crippen molar-refractivity contribution in [2.75, 3.05) is 0 Å². The molecule has 0 amide bonds. The zero-order chi connectivity index (χ0) is 17.8. The van der Waals surface area contributed by atoms with E-state index in [1.807, 2.05) is 0 Å². The van der Waals surface area contributed by atoms with Crippen molar-refractivity contribution in [1.29, 1.82) is 0 Å². The lowest BCUT2D eigenvalue weighted by Crippen LogP contribution is -2.24. The molecule has 0 atom stereocenters. The molecular formula is C14H6BrNO7S. The van der Waals surface area contributed by atoms with Crippen molar-refractivity contribution >= 4 is 43.3 Å². The monoisotopic (exact) mass is 411 g/mol.